The SMILES string of the molecule is CC(C)=CC=C(C)c1ccccc1Nc1ccc(C)cc1. The van der Waals surface area contributed by atoms with Crippen LogP contribution in [0.1, 0.15) is 31.9 Å². The highest BCUT2D eigenvalue weighted by Crippen LogP contribution is 2.26. The van der Waals surface area contributed by atoms with Crippen molar-refractivity contribution >= 4 is 16.9 Å². The van der Waals surface area contributed by atoms with Crippen molar-refractivity contribution in [3.63, 3.8) is 0 Å². The summed E-state index contributed by atoms with van der Waals surface area (Å²) in [7, 11) is 0. The third kappa shape index (κ3) is 4.35. The molecule has 0 spiro atoms. The second kappa shape index (κ2) is 6.94. The highest BCUT2D eigenvalue weighted by molar-refractivity contribution is 5.78. The van der Waals surface area contributed by atoms with Gasteiger partial charge >= 0.3 is 0 Å². The van der Waals surface area contributed by atoms with E-state index in [1.807, 2.05) is 0 Å². The number of nitrogens with one attached hydrogen (secondary N) is 1. The molecule has 0 aliphatic heterocycles. The molecule has 0 unspecified atom stereocenters. The van der Waals surface area contributed by atoms with Crippen LogP contribution in [0.25, 0.3) is 5.57 Å². The van der Waals surface area contributed by atoms with Crippen LogP contribution >= 0.6 is 0 Å². The van der Waals surface area contributed by atoms with Gasteiger partial charge in [0.1, 0.15) is 0 Å². The van der Waals surface area contributed by atoms with Crippen molar-refractivity contribution in [2.45, 2.75) is 27.7 Å². The van der Waals surface area contributed by atoms with E-state index in [4.69, 9.17) is 0 Å². The fourth-order valence-electron chi connectivity index (χ4n) is 2.11. The maximum Gasteiger partial charge on any atom is 0.0460 e. The molecule has 0 bridgehead atoms. The molecule has 0 heterocycles. The summed E-state index contributed by atoms with van der Waals surface area (Å²) in [5.74, 6) is 0. The van der Waals surface area contributed by atoms with Gasteiger partial charge in [-0.3, -0.25) is 0 Å². The first-order valence-electron chi connectivity index (χ1n) is 7.31. The Labute approximate surface area is 128 Å². The molecule has 1 heteroatoms. The van der Waals surface area contributed by atoms with Crippen LogP contribution in [0.5, 0.6) is 0 Å². The van der Waals surface area contributed by atoms with Crippen molar-refractivity contribution in [1.29, 1.82) is 0 Å². The summed E-state index contributed by atoms with van der Waals surface area (Å²) in [6.45, 7) is 8.47. The first kappa shape index (κ1) is 15.1. The lowest BCUT2D eigenvalue weighted by Gasteiger charge is -2.12. The van der Waals surface area contributed by atoms with Crippen LogP contribution < -0.4 is 5.32 Å². The fraction of sp³-hybridized carbons (Fsp3) is 0.200. The van der Waals surface area contributed by atoms with E-state index in [2.05, 4.69) is 93.7 Å². The van der Waals surface area contributed by atoms with E-state index < -0.39 is 0 Å². The second-order valence-corrected chi connectivity index (χ2v) is 5.63. The molecule has 0 aliphatic carbocycles. The molecule has 0 aromatic heterocycles. The average Bonchev–Trinajstić information content (AvgIpc) is 2.48. The van der Waals surface area contributed by atoms with Crippen molar-refractivity contribution in [2.24, 2.45) is 0 Å². The highest BCUT2D eigenvalue weighted by atomic mass is 14.9. The van der Waals surface area contributed by atoms with Crippen LogP contribution in [0.4, 0.5) is 11.4 Å². The van der Waals surface area contributed by atoms with Crippen LogP contribution in [-0.2, 0) is 0 Å². The number of aryl methyl sites for hydroxylation is 1. The number of hydrogen-bond donors (Lipinski definition) is 1. The summed E-state index contributed by atoms with van der Waals surface area (Å²) in [6.07, 6.45) is 4.32. The van der Waals surface area contributed by atoms with Gasteiger partial charge in [-0.15, -0.1) is 0 Å². The first-order chi connectivity index (χ1) is 10.1. The summed E-state index contributed by atoms with van der Waals surface area (Å²) in [5.41, 5.74) is 7.31. The van der Waals surface area contributed by atoms with E-state index in [1.165, 1.54) is 22.3 Å². The molecular formula is C20H23N. The number of anilines is 2. The van der Waals surface area contributed by atoms with E-state index >= 15 is 0 Å². The topological polar surface area (TPSA) is 12.0 Å². The van der Waals surface area contributed by atoms with E-state index in [9.17, 15) is 0 Å². The lowest BCUT2D eigenvalue weighted by molar-refractivity contribution is 1.39. The number of rotatable bonds is 4. The maximum atomic E-state index is 3.51. The van der Waals surface area contributed by atoms with Crippen LogP contribution in [0, 0.1) is 6.92 Å². The molecule has 0 amide bonds. The molecule has 0 fully saturated rings. The van der Waals surface area contributed by atoms with Gasteiger partial charge in [-0.05, 0) is 51.5 Å². The van der Waals surface area contributed by atoms with Gasteiger partial charge in [0, 0.05) is 16.9 Å². The minimum Gasteiger partial charge on any atom is -0.355 e. The zero-order valence-electron chi connectivity index (χ0n) is 13.3. The Hall–Kier alpha value is -2.28. The quantitative estimate of drug-likeness (QED) is 0.665. The van der Waals surface area contributed by atoms with Gasteiger partial charge < -0.3 is 5.32 Å². The van der Waals surface area contributed by atoms with E-state index in [0.29, 0.717) is 0 Å². The van der Waals surface area contributed by atoms with Crippen LogP contribution in [-0.4, -0.2) is 0 Å². The summed E-state index contributed by atoms with van der Waals surface area (Å²) in [6, 6.07) is 16.9. The van der Waals surface area contributed by atoms with E-state index in [-0.39, 0.29) is 0 Å². The maximum absolute atomic E-state index is 3.51. The molecule has 0 saturated carbocycles. The highest BCUT2D eigenvalue weighted by Gasteiger charge is 2.03. The summed E-state index contributed by atoms with van der Waals surface area (Å²) in [4.78, 5) is 0. The number of benzene rings is 2. The van der Waals surface area contributed by atoms with Crippen molar-refractivity contribution in [1.82, 2.24) is 0 Å². The Morgan fingerprint density at radius 1 is 0.857 bits per heavy atom. The molecule has 2 aromatic carbocycles. The van der Waals surface area contributed by atoms with Gasteiger partial charge in [-0.2, -0.15) is 0 Å². The van der Waals surface area contributed by atoms with Gasteiger partial charge in [-0.1, -0.05) is 53.6 Å². The Morgan fingerprint density at radius 2 is 1.52 bits per heavy atom. The molecule has 2 aromatic rings. The average molecular weight is 277 g/mol. The van der Waals surface area contributed by atoms with Gasteiger partial charge in [0.05, 0.1) is 0 Å². The Balaban J connectivity index is 2.30. The lowest BCUT2D eigenvalue weighted by atomic mass is 10.0. The molecule has 0 saturated heterocycles. The number of hydrogen-bond acceptors (Lipinski definition) is 1. The molecule has 0 aliphatic rings. The van der Waals surface area contributed by atoms with E-state index in [0.717, 1.165) is 11.4 Å². The standard InChI is InChI=1S/C20H23N/c1-15(2)9-12-17(4)19-7-5-6-8-20(19)21-18-13-10-16(3)11-14-18/h5-14,21H,1-4H3. The molecule has 1 N–H and O–H groups in total. The Morgan fingerprint density at radius 3 is 2.19 bits per heavy atom. The van der Waals surface area contributed by atoms with Crippen LogP contribution in [0.3, 0.4) is 0 Å². The first-order valence-corrected chi connectivity index (χ1v) is 7.31. The minimum absolute atomic E-state index is 1.11. The van der Waals surface area contributed by atoms with E-state index in [1.54, 1.807) is 0 Å². The molecule has 1 nitrogen and oxygen atoms in total. The molecule has 0 atom stereocenters. The Bertz CT molecular complexity index is 656. The predicted octanol–water partition coefficient (Wildman–Crippen LogP) is 6.11. The normalized spacial score (nSPS) is 11.1. The van der Waals surface area contributed by atoms with Gasteiger partial charge in [0.15, 0.2) is 0 Å². The minimum atomic E-state index is 1.11. The van der Waals surface area contributed by atoms with Crippen molar-refractivity contribution < 1.29 is 0 Å². The zero-order chi connectivity index (χ0) is 15.2. The largest absolute Gasteiger partial charge is 0.355 e. The van der Waals surface area contributed by atoms with Gasteiger partial charge in [0.2, 0.25) is 0 Å². The van der Waals surface area contributed by atoms with Gasteiger partial charge in [-0.25, -0.2) is 0 Å². The van der Waals surface area contributed by atoms with Crippen molar-refractivity contribution in [3.8, 4) is 0 Å². The molecule has 21 heavy (non-hydrogen) atoms. The second-order valence-electron chi connectivity index (χ2n) is 5.63. The summed E-state index contributed by atoms with van der Waals surface area (Å²) in [5, 5.41) is 3.51. The van der Waals surface area contributed by atoms with Crippen LogP contribution in [0.15, 0.2) is 66.3 Å². The molecular weight excluding hydrogens is 254 g/mol. The van der Waals surface area contributed by atoms with Crippen molar-refractivity contribution in [3.05, 3.63) is 77.4 Å². The Kier molecular flexibility index (Phi) is 4.99. The molecule has 0 radical (unpaired) electrons. The zero-order valence-corrected chi connectivity index (χ0v) is 13.3. The summed E-state index contributed by atoms with van der Waals surface area (Å²) < 4.78 is 0. The monoisotopic (exact) mass is 277 g/mol. The third-order valence-corrected chi connectivity index (χ3v) is 3.35. The van der Waals surface area contributed by atoms with Crippen LogP contribution in [0.2, 0.25) is 0 Å². The molecule has 108 valence electrons. The predicted molar refractivity (Wildman–Crippen MR) is 94.0 cm³/mol. The van der Waals surface area contributed by atoms with Crippen molar-refractivity contribution in [2.75, 3.05) is 5.32 Å². The fourth-order valence-corrected chi connectivity index (χ4v) is 2.11. The van der Waals surface area contributed by atoms with Gasteiger partial charge in [0.25, 0.3) is 0 Å². The third-order valence-electron chi connectivity index (χ3n) is 3.35. The smallest absolute Gasteiger partial charge is 0.0460 e. The summed E-state index contributed by atoms with van der Waals surface area (Å²) >= 11 is 0. The number of para-hydroxylation sites is 1. The lowest BCUT2D eigenvalue weighted by Crippen LogP contribution is -1.94. The number of allylic oxidation sites excluding steroid dienone is 4. The molecule has 2 rings (SSSR count).